The number of phenols is 2. The first-order valence-corrected chi connectivity index (χ1v) is 4.32. The summed E-state index contributed by atoms with van der Waals surface area (Å²) in [5, 5.41) is 18.8. The molecule has 0 aromatic heterocycles. The fourth-order valence-corrected chi connectivity index (χ4v) is 1.18. The van der Waals surface area contributed by atoms with Crippen molar-refractivity contribution in [2.75, 3.05) is 6.54 Å². The van der Waals surface area contributed by atoms with Crippen molar-refractivity contribution in [2.45, 2.75) is 13.3 Å². The molecule has 0 heterocycles. The van der Waals surface area contributed by atoms with Gasteiger partial charge in [-0.2, -0.15) is 0 Å². The highest BCUT2D eigenvalue weighted by Crippen LogP contribution is 2.29. The van der Waals surface area contributed by atoms with Crippen molar-refractivity contribution in [3.8, 4) is 11.5 Å². The topological polar surface area (TPSA) is 83.5 Å². The maximum atomic E-state index is 11.4. The van der Waals surface area contributed by atoms with Crippen LogP contribution in [0.3, 0.4) is 0 Å². The van der Waals surface area contributed by atoms with E-state index in [2.05, 4.69) is 0 Å². The Balaban J connectivity index is 3.11. The lowest BCUT2D eigenvalue weighted by molar-refractivity contribution is 0.0982. The quantitative estimate of drug-likeness (QED) is 0.627. The molecule has 0 amide bonds. The minimum absolute atomic E-state index is 0.0215. The van der Waals surface area contributed by atoms with Crippen LogP contribution in [0, 0.1) is 6.92 Å². The molecule has 4 nitrogen and oxygen atoms in total. The summed E-state index contributed by atoms with van der Waals surface area (Å²) in [6.45, 7) is 1.79. The van der Waals surface area contributed by atoms with E-state index in [1.54, 1.807) is 6.92 Å². The summed E-state index contributed by atoms with van der Waals surface area (Å²) in [5.41, 5.74) is 5.76. The van der Waals surface area contributed by atoms with Crippen LogP contribution < -0.4 is 5.73 Å². The molecule has 0 fully saturated rings. The van der Waals surface area contributed by atoms with E-state index in [9.17, 15) is 15.0 Å². The summed E-state index contributed by atoms with van der Waals surface area (Å²) < 4.78 is 0. The molecule has 1 aromatic carbocycles. The van der Waals surface area contributed by atoms with E-state index in [1.165, 1.54) is 12.1 Å². The van der Waals surface area contributed by atoms with E-state index >= 15 is 0 Å². The monoisotopic (exact) mass is 195 g/mol. The van der Waals surface area contributed by atoms with Gasteiger partial charge >= 0.3 is 0 Å². The van der Waals surface area contributed by atoms with Gasteiger partial charge < -0.3 is 15.9 Å². The van der Waals surface area contributed by atoms with Gasteiger partial charge in [-0.1, -0.05) is 0 Å². The first-order valence-electron chi connectivity index (χ1n) is 4.32. The van der Waals surface area contributed by atoms with Crippen LogP contribution in [0.25, 0.3) is 0 Å². The zero-order valence-electron chi connectivity index (χ0n) is 7.95. The molecule has 0 unspecified atom stereocenters. The summed E-state index contributed by atoms with van der Waals surface area (Å²) in [6, 6.07) is 2.79. The average molecular weight is 195 g/mol. The summed E-state index contributed by atoms with van der Waals surface area (Å²) in [7, 11) is 0. The van der Waals surface area contributed by atoms with Gasteiger partial charge in [0, 0.05) is 12.0 Å². The summed E-state index contributed by atoms with van der Waals surface area (Å²) in [4.78, 5) is 11.4. The molecule has 0 aliphatic rings. The standard InChI is InChI=1S/C10H13NO3/c1-6-8(12)3-2-7(10(6)14)9(13)4-5-11/h2-3,12,14H,4-5,11H2,1H3. The Hall–Kier alpha value is -1.55. The van der Waals surface area contributed by atoms with Crippen LogP contribution in [0.15, 0.2) is 12.1 Å². The highest BCUT2D eigenvalue weighted by molar-refractivity contribution is 5.99. The van der Waals surface area contributed by atoms with Gasteiger partial charge in [-0.05, 0) is 25.6 Å². The first kappa shape index (κ1) is 10.5. The van der Waals surface area contributed by atoms with Gasteiger partial charge in [0.25, 0.3) is 0 Å². The maximum Gasteiger partial charge on any atom is 0.167 e. The van der Waals surface area contributed by atoms with E-state index in [0.29, 0.717) is 5.56 Å². The Morgan fingerprint density at radius 1 is 1.43 bits per heavy atom. The number of hydrogen-bond donors (Lipinski definition) is 3. The highest BCUT2D eigenvalue weighted by Gasteiger charge is 2.13. The summed E-state index contributed by atoms with van der Waals surface area (Å²) >= 11 is 0. The van der Waals surface area contributed by atoms with Gasteiger partial charge in [0.1, 0.15) is 11.5 Å². The number of benzene rings is 1. The van der Waals surface area contributed by atoms with Crippen molar-refractivity contribution in [1.29, 1.82) is 0 Å². The second-order valence-corrected chi connectivity index (χ2v) is 3.07. The predicted octanol–water partition coefficient (Wildman–Crippen LogP) is 0.938. The summed E-state index contributed by atoms with van der Waals surface area (Å²) in [6.07, 6.45) is 0.192. The fraction of sp³-hybridized carbons (Fsp3) is 0.300. The van der Waals surface area contributed by atoms with E-state index < -0.39 is 0 Å². The number of rotatable bonds is 3. The third kappa shape index (κ3) is 1.85. The molecule has 0 saturated heterocycles. The number of Topliss-reactive ketones (excluding diaryl/α,β-unsaturated/α-hetero) is 1. The smallest absolute Gasteiger partial charge is 0.167 e. The zero-order valence-corrected chi connectivity index (χ0v) is 7.95. The van der Waals surface area contributed by atoms with E-state index in [1.807, 2.05) is 0 Å². The molecule has 0 aliphatic heterocycles. The summed E-state index contributed by atoms with van der Waals surface area (Å²) in [5.74, 6) is -0.400. The minimum atomic E-state index is -0.215. The van der Waals surface area contributed by atoms with Crippen molar-refractivity contribution < 1.29 is 15.0 Å². The van der Waals surface area contributed by atoms with Gasteiger partial charge in [0.15, 0.2) is 5.78 Å². The molecule has 0 atom stereocenters. The van der Waals surface area contributed by atoms with Crippen molar-refractivity contribution in [1.82, 2.24) is 0 Å². The lowest BCUT2D eigenvalue weighted by atomic mass is 10.0. The molecule has 1 rings (SSSR count). The van der Waals surface area contributed by atoms with Crippen LogP contribution >= 0.6 is 0 Å². The van der Waals surface area contributed by atoms with Crippen LogP contribution in [-0.4, -0.2) is 22.5 Å². The zero-order chi connectivity index (χ0) is 10.7. The molecule has 1 aromatic rings. The molecule has 0 radical (unpaired) electrons. The number of carbonyl (C=O) groups is 1. The van der Waals surface area contributed by atoms with Gasteiger partial charge in [-0.15, -0.1) is 0 Å². The van der Waals surface area contributed by atoms with Gasteiger partial charge in [-0.3, -0.25) is 4.79 Å². The SMILES string of the molecule is Cc1c(O)ccc(C(=O)CCN)c1O. The maximum absolute atomic E-state index is 11.4. The molecule has 0 saturated carbocycles. The van der Waals surface area contributed by atoms with E-state index in [-0.39, 0.29) is 35.8 Å². The molecule has 0 bridgehead atoms. The second kappa shape index (κ2) is 4.11. The highest BCUT2D eigenvalue weighted by atomic mass is 16.3. The molecule has 76 valence electrons. The Bertz CT molecular complexity index is 361. The number of nitrogens with two attached hydrogens (primary N) is 1. The van der Waals surface area contributed by atoms with Gasteiger partial charge in [0.2, 0.25) is 0 Å². The average Bonchev–Trinajstić information content (AvgIpc) is 2.15. The predicted molar refractivity (Wildman–Crippen MR) is 52.5 cm³/mol. The van der Waals surface area contributed by atoms with Crippen molar-refractivity contribution in [3.63, 3.8) is 0 Å². The lowest BCUT2D eigenvalue weighted by Crippen LogP contribution is -2.08. The Labute approximate surface area is 82.0 Å². The van der Waals surface area contributed by atoms with Crippen LogP contribution in [0.5, 0.6) is 11.5 Å². The lowest BCUT2D eigenvalue weighted by Gasteiger charge is -2.06. The van der Waals surface area contributed by atoms with Crippen molar-refractivity contribution in [3.05, 3.63) is 23.3 Å². The first-order chi connectivity index (χ1) is 6.57. The van der Waals surface area contributed by atoms with E-state index in [0.717, 1.165) is 0 Å². The molecular formula is C10H13NO3. The largest absolute Gasteiger partial charge is 0.508 e. The van der Waals surface area contributed by atoms with Crippen LogP contribution in [-0.2, 0) is 0 Å². The molecule has 4 N–H and O–H groups in total. The van der Waals surface area contributed by atoms with Crippen LogP contribution in [0.2, 0.25) is 0 Å². The molecular weight excluding hydrogens is 182 g/mol. The van der Waals surface area contributed by atoms with Crippen molar-refractivity contribution in [2.24, 2.45) is 5.73 Å². The van der Waals surface area contributed by atoms with Crippen LogP contribution in [0.4, 0.5) is 0 Å². The molecule has 0 spiro atoms. The van der Waals surface area contributed by atoms with Crippen molar-refractivity contribution >= 4 is 5.78 Å². The molecule has 4 heteroatoms. The third-order valence-corrected chi connectivity index (χ3v) is 2.07. The Morgan fingerprint density at radius 3 is 2.64 bits per heavy atom. The third-order valence-electron chi connectivity index (χ3n) is 2.07. The Kier molecular flexibility index (Phi) is 3.09. The van der Waals surface area contributed by atoms with E-state index in [4.69, 9.17) is 5.73 Å². The van der Waals surface area contributed by atoms with Gasteiger partial charge in [-0.25, -0.2) is 0 Å². The fourth-order valence-electron chi connectivity index (χ4n) is 1.18. The second-order valence-electron chi connectivity index (χ2n) is 3.07. The Morgan fingerprint density at radius 2 is 2.07 bits per heavy atom. The van der Waals surface area contributed by atoms with Gasteiger partial charge in [0.05, 0.1) is 5.56 Å². The number of carbonyl (C=O) groups excluding carboxylic acids is 1. The molecule has 14 heavy (non-hydrogen) atoms. The molecule has 0 aliphatic carbocycles. The van der Waals surface area contributed by atoms with Crippen LogP contribution in [0.1, 0.15) is 22.3 Å². The number of aromatic hydroxyl groups is 2. The number of hydrogen-bond acceptors (Lipinski definition) is 4. The minimum Gasteiger partial charge on any atom is -0.508 e. The normalized spacial score (nSPS) is 10.1. The number of ketones is 1. The number of phenolic OH excluding ortho intramolecular Hbond substituents is 2.